The van der Waals surface area contributed by atoms with E-state index in [0.717, 1.165) is 15.4 Å². The minimum absolute atomic E-state index is 0.0147. The Morgan fingerprint density at radius 2 is 2.00 bits per heavy atom. The maximum Gasteiger partial charge on any atom is 0.255 e. The molecule has 0 atom stereocenters. The van der Waals surface area contributed by atoms with Gasteiger partial charge in [0.2, 0.25) is 5.91 Å². The Morgan fingerprint density at radius 3 is 2.68 bits per heavy atom. The van der Waals surface area contributed by atoms with E-state index in [9.17, 15) is 9.59 Å². The van der Waals surface area contributed by atoms with Crippen LogP contribution in [0.3, 0.4) is 0 Å². The normalized spacial score (nSPS) is 16.5. The largest absolute Gasteiger partial charge is 0.344 e. The molecule has 1 aliphatic rings. The van der Waals surface area contributed by atoms with Crippen molar-refractivity contribution in [1.82, 2.24) is 9.80 Å². The first-order valence-corrected chi connectivity index (χ1v) is 7.56. The predicted molar refractivity (Wildman–Crippen MR) is 80.0 cm³/mol. The highest BCUT2D eigenvalue weighted by Gasteiger charge is 2.24. The van der Waals surface area contributed by atoms with Crippen LogP contribution in [0, 0.1) is 0 Å². The molecule has 4 nitrogen and oxygen atoms in total. The first kappa shape index (κ1) is 14.5. The molecule has 0 bridgehead atoms. The van der Waals surface area contributed by atoms with Gasteiger partial charge in [-0.3, -0.25) is 9.59 Å². The molecule has 0 aromatic heterocycles. The van der Waals surface area contributed by atoms with Crippen molar-refractivity contribution in [2.45, 2.75) is 6.42 Å². The van der Waals surface area contributed by atoms with Gasteiger partial charge in [-0.25, -0.2) is 0 Å². The second-order valence-electron chi connectivity index (χ2n) is 4.52. The van der Waals surface area contributed by atoms with Crippen LogP contribution in [0.1, 0.15) is 16.8 Å². The van der Waals surface area contributed by atoms with Gasteiger partial charge in [-0.2, -0.15) is 0 Å². The molecule has 1 saturated heterocycles. The molecule has 1 fully saturated rings. The smallest absolute Gasteiger partial charge is 0.255 e. The molecule has 0 spiro atoms. The van der Waals surface area contributed by atoms with Gasteiger partial charge in [0.05, 0.1) is 5.56 Å². The Morgan fingerprint density at radius 1 is 1.26 bits per heavy atom. The van der Waals surface area contributed by atoms with Crippen molar-refractivity contribution in [3.05, 3.63) is 32.7 Å². The van der Waals surface area contributed by atoms with Crippen molar-refractivity contribution in [3.8, 4) is 0 Å². The summed E-state index contributed by atoms with van der Waals surface area (Å²) in [5.41, 5.74) is 0.584. The molecular formula is C13H14Br2N2O2. The summed E-state index contributed by atoms with van der Waals surface area (Å²) >= 11 is 6.74. The van der Waals surface area contributed by atoms with Crippen LogP contribution in [0.25, 0.3) is 0 Å². The standard InChI is InChI=1S/C13H14Br2N2O2/c1-16-5-2-6-17(8-12(16)18)13(19)10-4-3-9(14)7-11(10)15/h3-4,7H,2,5-6,8H2,1H3. The zero-order valence-corrected chi connectivity index (χ0v) is 13.7. The lowest BCUT2D eigenvalue weighted by Crippen LogP contribution is -2.38. The van der Waals surface area contributed by atoms with E-state index in [1.54, 1.807) is 22.9 Å². The van der Waals surface area contributed by atoms with Crippen LogP contribution in [-0.4, -0.2) is 48.3 Å². The Labute approximate surface area is 129 Å². The number of rotatable bonds is 1. The third kappa shape index (κ3) is 3.36. The maximum absolute atomic E-state index is 12.4. The molecule has 0 unspecified atom stereocenters. The van der Waals surface area contributed by atoms with E-state index in [4.69, 9.17) is 0 Å². The van der Waals surface area contributed by atoms with Crippen LogP contribution in [-0.2, 0) is 4.79 Å². The quantitative estimate of drug-likeness (QED) is 0.740. The Kier molecular flexibility index (Phi) is 4.62. The highest BCUT2D eigenvalue weighted by molar-refractivity contribution is 9.11. The van der Waals surface area contributed by atoms with Gasteiger partial charge < -0.3 is 9.80 Å². The second kappa shape index (κ2) is 6.05. The summed E-state index contributed by atoms with van der Waals surface area (Å²) in [5, 5.41) is 0. The summed E-state index contributed by atoms with van der Waals surface area (Å²) in [4.78, 5) is 27.5. The number of amides is 2. The molecule has 1 aliphatic heterocycles. The number of carbonyl (C=O) groups excluding carboxylic acids is 2. The van der Waals surface area contributed by atoms with Crippen LogP contribution in [0.5, 0.6) is 0 Å². The SMILES string of the molecule is CN1CCCN(C(=O)c2ccc(Br)cc2Br)CC1=O. The number of hydrogen-bond acceptors (Lipinski definition) is 2. The lowest BCUT2D eigenvalue weighted by atomic mass is 10.2. The van der Waals surface area contributed by atoms with Crippen molar-refractivity contribution in [1.29, 1.82) is 0 Å². The first-order valence-electron chi connectivity index (χ1n) is 5.97. The fourth-order valence-corrected chi connectivity index (χ4v) is 3.21. The molecule has 2 rings (SSSR count). The van der Waals surface area contributed by atoms with Crippen LogP contribution in [0.2, 0.25) is 0 Å². The maximum atomic E-state index is 12.4. The minimum atomic E-state index is -0.108. The molecule has 1 aromatic rings. The summed E-state index contributed by atoms with van der Waals surface area (Å²) in [5.74, 6) is -0.123. The number of benzene rings is 1. The van der Waals surface area contributed by atoms with E-state index < -0.39 is 0 Å². The number of nitrogens with zero attached hydrogens (tertiary/aromatic N) is 2. The summed E-state index contributed by atoms with van der Waals surface area (Å²) in [6.07, 6.45) is 0.808. The van der Waals surface area contributed by atoms with Gasteiger partial charge in [0, 0.05) is 29.1 Å². The van der Waals surface area contributed by atoms with Crippen molar-refractivity contribution in [2.24, 2.45) is 0 Å². The molecular weight excluding hydrogens is 376 g/mol. The van der Waals surface area contributed by atoms with Crippen LogP contribution in [0.4, 0.5) is 0 Å². The monoisotopic (exact) mass is 388 g/mol. The lowest BCUT2D eigenvalue weighted by molar-refractivity contribution is -0.129. The fourth-order valence-electron chi connectivity index (χ4n) is 1.99. The molecule has 0 radical (unpaired) electrons. The molecule has 0 saturated carbocycles. The number of halogens is 2. The number of carbonyl (C=O) groups is 2. The van der Waals surface area contributed by atoms with Crippen LogP contribution in [0.15, 0.2) is 27.1 Å². The lowest BCUT2D eigenvalue weighted by Gasteiger charge is -2.20. The first-order chi connectivity index (χ1) is 8.99. The van der Waals surface area contributed by atoms with Gasteiger partial charge in [-0.05, 0) is 40.5 Å². The average molecular weight is 390 g/mol. The van der Waals surface area contributed by atoms with Gasteiger partial charge >= 0.3 is 0 Å². The highest BCUT2D eigenvalue weighted by Crippen LogP contribution is 2.23. The van der Waals surface area contributed by atoms with Crippen LogP contribution < -0.4 is 0 Å². The summed E-state index contributed by atoms with van der Waals surface area (Å²) in [6, 6.07) is 5.42. The van der Waals surface area contributed by atoms with E-state index in [-0.39, 0.29) is 18.4 Å². The van der Waals surface area contributed by atoms with E-state index in [1.165, 1.54) is 0 Å². The molecule has 0 N–H and O–H groups in total. The predicted octanol–water partition coefficient (Wildman–Crippen LogP) is 2.52. The Balaban J connectivity index is 2.21. The van der Waals surface area contributed by atoms with E-state index in [0.29, 0.717) is 18.7 Å². The zero-order valence-electron chi connectivity index (χ0n) is 10.5. The molecule has 0 aliphatic carbocycles. The van der Waals surface area contributed by atoms with Gasteiger partial charge in [0.15, 0.2) is 0 Å². The summed E-state index contributed by atoms with van der Waals surface area (Å²) in [6.45, 7) is 1.46. The third-order valence-corrected chi connectivity index (χ3v) is 4.27. The fraction of sp³-hybridized carbons (Fsp3) is 0.385. The molecule has 19 heavy (non-hydrogen) atoms. The molecule has 1 aromatic carbocycles. The van der Waals surface area contributed by atoms with Gasteiger partial charge in [-0.15, -0.1) is 0 Å². The minimum Gasteiger partial charge on any atom is -0.344 e. The summed E-state index contributed by atoms with van der Waals surface area (Å²) in [7, 11) is 1.77. The van der Waals surface area contributed by atoms with Crippen molar-refractivity contribution < 1.29 is 9.59 Å². The number of likely N-dealkylation sites (N-methyl/N-ethyl adjacent to an activating group) is 1. The van der Waals surface area contributed by atoms with E-state index in [2.05, 4.69) is 31.9 Å². The summed E-state index contributed by atoms with van der Waals surface area (Å²) < 4.78 is 1.64. The highest BCUT2D eigenvalue weighted by atomic mass is 79.9. The molecule has 102 valence electrons. The molecule has 1 heterocycles. The van der Waals surface area contributed by atoms with Crippen LogP contribution >= 0.6 is 31.9 Å². The average Bonchev–Trinajstić information content (AvgIpc) is 2.51. The Hall–Kier alpha value is -0.880. The number of hydrogen-bond donors (Lipinski definition) is 0. The van der Waals surface area contributed by atoms with Gasteiger partial charge in [0.25, 0.3) is 5.91 Å². The van der Waals surface area contributed by atoms with Gasteiger partial charge in [-0.1, -0.05) is 15.9 Å². The second-order valence-corrected chi connectivity index (χ2v) is 6.29. The Bertz CT molecular complexity index is 519. The van der Waals surface area contributed by atoms with Gasteiger partial charge in [0.1, 0.15) is 6.54 Å². The zero-order chi connectivity index (χ0) is 14.0. The van der Waals surface area contributed by atoms with Crippen molar-refractivity contribution in [3.63, 3.8) is 0 Å². The topological polar surface area (TPSA) is 40.6 Å². The van der Waals surface area contributed by atoms with E-state index >= 15 is 0 Å². The van der Waals surface area contributed by atoms with Crippen molar-refractivity contribution >= 4 is 43.7 Å². The molecule has 2 amide bonds. The third-order valence-electron chi connectivity index (χ3n) is 3.12. The van der Waals surface area contributed by atoms with E-state index in [1.807, 2.05) is 12.1 Å². The molecule has 6 heteroatoms. The van der Waals surface area contributed by atoms with Crippen molar-refractivity contribution in [2.75, 3.05) is 26.7 Å².